The second-order valence-corrected chi connectivity index (χ2v) is 8.37. The summed E-state index contributed by atoms with van der Waals surface area (Å²) < 4.78 is 12.7. The van der Waals surface area contributed by atoms with Gasteiger partial charge in [-0.25, -0.2) is 4.68 Å². The molecular weight excluding hydrogens is 430 g/mol. The van der Waals surface area contributed by atoms with Crippen molar-refractivity contribution in [1.29, 1.82) is 0 Å². The molecule has 1 amide bonds. The first-order chi connectivity index (χ1) is 16.6. The summed E-state index contributed by atoms with van der Waals surface area (Å²) in [6, 6.07) is 19.4. The van der Waals surface area contributed by atoms with Crippen molar-refractivity contribution in [3.63, 3.8) is 0 Å². The van der Waals surface area contributed by atoms with Crippen LogP contribution < -0.4 is 4.74 Å². The van der Waals surface area contributed by atoms with Crippen LogP contribution in [0.25, 0.3) is 16.9 Å². The Morgan fingerprint density at radius 2 is 1.76 bits per heavy atom. The Balaban J connectivity index is 1.41. The molecule has 174 valence electrons. The molecule has 4 aromatic rings. The number of nitrogens with zero attached hydrogens (tertiary/aromatic N) is 5. The van der Waals surface area contributed by atoms with Crippen LogP contribution in [0.1, 0.15) is 21.8 Å². The van der Waals surface area contributed by atoms with Crippen molar-refractivity contribution in [3.8, 4) is 22.7 Å². The zero-order chi connectivity index (χ0) is 23.5. The number of aromatic nitrogens is 3. The van der Waals surface area contributed by atoms with Crippen LogP contribution in [0.5, 0.6) is 5.75 Å². The molecule has 0 N–H and O–H groups in total. The highest BCUT2D eigenvalue weighted by Crippen LogP contribution is 2.32. The van der Waals surface area contributed by atoms with E-state index in [4.69, 9.17) is 14.4 Å². The van der Waals surface area contributed by atoms with Crippen molar-refractivity contribution in [3.05, 3.63) is 83.9 Å². The zero-order valence-electron chi connectivity index (χ0n) is 19.3. The number of carbonyl (C=O) groups is 1. The lowest BCUT2D eigenvalue weighted by molar-refractivity contribution is 0.0618. The van der Waals surface area contributed by atoms with Gasteiger partial charge in [-0.1, -0.05) is 35.5 Å². The molecule has 1 saturated heterocycles. The normalized spacial score (nSPS) is 14.4. The van der Waals surface area contributed by atoms with E-state index in [0.717, 1.165) is 35.8 Å². The minimum absolute atomic E-state index is 0.0294. The van der Waals surface area contributed by atoms with Crippen molar-refractivity contribution in [2.45, 2.75) is 13.5 Å². The number of hydrogen-bond acceptors (Lipinski definition) is 6. The Morgan fingerprint density at radius 3 is 2.47 bits per heavy atom. The number of para-hydroxylation sites is 2. The molecule has 5 rings (SSSR count). The highest BCUT2D eigenvalue weighted by Gasteiger charge is 2.28. The second-order valence-electron chi connectivity index (χ2n) is 8.37. The van der Waals surface area contributed by atoms with Crippen LogP contribution >= 0.6 is 0 Å². The molecule has 0 aliphatic carbocycles. The van der Waals surface area contributed by atoms with Gasteiger partial charge in [0.15, 0.2) is 5.76 Å². The SMILES string of the molecule is COc1ccccc1-c1nn(-c2ccccc2)cc1C(=O)N1CCN(Cc2cc(C)no2)CC1. The fraction of sp³-hybridized carbons (Fsp3) is 0.269. The summed E-state index contributed by atoms with van der Waals surface area (Å²) in [4.78, 5) is 17.9. The van der Waals surface area contributed by atoms with Crippen LogP contribution in [-0.2, 0) is 6.54 Å². The molecule has 0 saturated carbocycles. The molecule has 2 aromatic carbocycles. The first-order valence-corrected chi connectivity index (χ1v) is 11.3. The van der Waals surface area contributed by atoms with E-state index in [1.54, 1.807) is 11.8 Å². The first kappa shape index (κ1) is 21.9. The fourth-order valence-corrected chi connectivity index (χ4v) is 4.27. The molecule has 1 fully saturated rings. The summed E-state index contributed by atoms with van der Waals surface area (Å²) in [5.74, 6) is 1.50. The van der Waals surface area contributed by atoms with Crippen LogP contribution in [0.3, 0.4) is 0 Å². The van der Waals surface area contributed by atoms with Gasteiger partial charge in [0.1, 0.15) is 11.4 Å². The Hall–Kier alpha value is -3.91. The summed E-state index contributed by atoms with van der Waals surface area (Å²) in [5, 5.41) is 8.77. The minimum atomic E-state index is -0.0294. The van der Waals surface area contributed by atoms with E-state index in [2.05, 4.69) is 10.1 Å². The number of aryl methyl sites for hydroxylation is 1. The third kappa shape index (κ3) is 4.45. The van der Waals surface area contributed by atoms with E-state index in [1.165, 1.54) is 0 Å². The Morgan fingerprint density at radius 1 is 1.03 bits per heavy atom. The summed E-state index contributed by atoms with van der Waals surface area (Å²) in [5.41, 5.74) is 3.74. The maximum Gasteiger partial charge on any atom is 0.257 e. The predicted octanol–water partition coefficient (Wildman–Crippen LogP) is 3.80. The van der Waals surface area contributed by atoms with E-state index < -0.39 is 0 Å². The largest absolute Gasteiger partial charge is 0.496 e. The number of rotatable bonds is 6. The number of carbonyl (C=O) groups excluding carboxylic acids is 1. The van der Waals surface area contributed by atoms with Gasteiger partial charge in [0.05, 0.1) is 30.6 Å². The number of hydrogen-bond donors (Lipinski definition) is 0. The van der Waals surface area contributed by atoms with Gasteiger partial charge < -0.3 is 14.2 Å². The number of methoxy groups -OCH3 is 1. The topological polar surface area (TPSA) is 76.6 Å². The molecule has 1 aliphatic rings. The summed E-state index contributed by atoms with van der Waals surface area (Å²) in [7, 11) is 1.63. The molecular formula is C26H27N5O3. The fourth-order valence-electron chi connectivity index (χ4n) is 4.27. The van der Waals surface area contributed by atoms with Crippen molar-refractivity contribution in [2.75, 3.05) is 33.3 Å². The molecule has 8 nitrogen and oxygen atoms in total. The number of ether oxygens (including phenoxy) is 1. The smallest absolute Gasteiger partial charge is 0.257 e. The van der Waals surface area contributed by atoms with Crippen LogP contribution in [0.2, 0.25) is 0 Å². The van der Waals surface area contributed by atoms with E-state index in [1.807, 2.05) is 78.7 Å². The van der Waals surface area contributed by atoms with Gasteiger partial charge in [-0.2, -0.15) is 5.10 Å². The van der Waals surface area contributed by atoms with E-state index in [-0.39, 0.29) is 5.91 Å². The second kappa shape index (κ2) is 9.52. The minimum Gasteiger partial charge on any atom is -0.496 e. The van der Waals surface area contributed by atoms with Gasteiger partial charge in [-0.15, -0.1) is 0 Å². The van der Waals surface area contributed by atoms with Crippen molar-refractivity contribution < 1.29 is 14.1 Å². The van der Waals surface area contributed by atoms with Gasteiger partial charge in [-0.3, -0.25) is 9.69 Å². The number of benzene rings is 2. The Kier molecular flexibility index (Phi) is 6.14. The van der Waals surface area contributed by atoms with Crippen LogP contribution in [0.4, 0.5) is 0 Å². The van der Waals surface area contributed by atoms with Crippen molar-refractivity contribution in [2.24, 2.45) is 0 Å². The van der Waals surface area contributed by atoms with Crippen LogP contribution in [-0.4, -0.2) is 63.9 Å². The molecule has 0 atom stereocenters. The van der Waals surface area contributed by atoms with Gasteiger partial charge in [0.2, 0.25) is 0 Å². The van der Waals surface area contributed by atoms with Crippen LogP contribution in [0.15, 0.2) is 71.4 Å². The molecule has 0 bridgehead atoms. The molecule has 3 heterocycles. The monoisotopic (exact) mass is 457 g/mol. The average Bonchev–Trinajstić information content (AvgIpc) is 3.51. The highest BCUT2D eigenvalue weighted by atomic mass is 16.5. The molecule has 0 spiro atoms. The van der Waals surface area contributed by atoms with E-state index in [0.29, 0.717) is 36.6 Å². The zero-order valence-corrected chi connectivity index (χ0v) is 19.3. The number of piperazine rings is 1. The van der Waals surface area contributed by atoms with Gasteiger partial charge in [0, 0.05) is 44.0 Å². The van der Waals surface area contributed by atoms with Gasteiger partial charge in [-0.05, 0) is 31.2 Å². The Labute approximate surface area is 198 Å². The van der Waals surface area contributed by atoms with E-state index in [9.17, 15) is 4.79 Å². The third-order valence-corrected chi connectivity index (χ3v) is 6.04. The molecule has 0 radical (unpaired) electrons. The number of amides is 1. The van der Waals surface area contributed by atoms with Crippen molar-refractivity contribution >= 4 is 5.91 Å². The maximum absolute atomic E-state index is 13.7. The lowest BCUT2D eigenvalue weighted by Crippen LogP contribution is -2.48. The van der Waals surface area contributed by atoms with Gasteiger partial charge >= 0.3 is 0 Å². The first-order valence-electron chi connectivity index (χ1n) is 11.3. The average molecular weight is 458 g/mol. The van der Waals surface area contributed by atoms with Crippen LogP contribution in [0, 0.1) is 6.92 Å². The van der Waals surface area contributed by atoms with Crippen molar-refractivity contribution in [1.82, 2.24) is 24.7 Å². The standard InChI is InChI=1S/C26H27N5O3/c1-19-16-21(34-28-19)17-29-12-14-30(15-13-29)26(32)23-18-31(20-8-4-3-5-9-20)27-25(23)22-10-6-7-11-24(22)33-2/h3-11,16,18H,12-15,17H2,1-2H3. The molecule has 34 heavy (non-hydrogen) atoms. The van der Waals surface area contributed by atoms with Gasteiger partial charge in [0.25, 0.3) is 5.91 Å². The summed E-state index contributed by atoms with van der Waals surface area (Å²) in [6.07, 6.45) is 1.82. The lowest BCUT2D eigenvalue weighted by atomic mass is 10.1. The molecule has 8 heteroatoms. The quantitative estimate of drug-likeness (QED) is 0.438. The third-order valence-electron chi connectivity index (χ3n) is 6.04. The summed E-state index contributed by atoms with van der Waals surface area (Å²) >= 11 is 0. The maximum atomic E-state index is 13.7. The molecule has 0 unspecified atom stereocenters. The molecule has 2 aromatic heterocycles. The van der Waals surface area contributed by atoms with E-state index >= 15 is 0 Å². The molecule has 1 aliphatic heterocycles. The highest BCUT2D eigenvalue weighted by molar-refractivity contribution is 6.00. The Bertz CT molecular complexity index is 1270. The summed E-state index contributed by atoms with van der Waals surface area (Å²) in [6.45, 7) is 5.41. The lowest BCUT2D eigenvalue weighted by Gasteiger charge is -2.34. The predicted molar refractivity (Wildman–Crippen MR) is 128 cm³/mol.